The number of hydrogen-bond donors (Lipinski definition) is 1. The molecule has 5 heteroatoms. The Balaban J connectivity index is 2.43. The van der Waals surface area contributed by atoms with Crippen molar-refractivity contribution < 1.29 is 13.2 Å². The maximum absolute atomic E-state index is 13.4. The zero-order chi connectivity index (χ0) is 14.0. The highest BCUT2D eigenvalue weighted by molar-refractivity contribution is 6.30. The Hall–Kier alpha value is -1.52. The van der Waals surface area contributed by atoms with E-state index in [1.807, 2.05) is 0 Å². The molecule has 19 heavy (non-hydrogen) atoms. The maximum atomic E-state index is 13.4. The SMILES string of the molecule is CNC(c1ccc(F)c(F)c1)c1ccc(Cl)c(F)c1. The van der Waals surface area contributed by atoms with Gasteiger partial charge in [-0.05, 0) is 42.4 Å². The van der Waals surface area contributed by atoms with Crippen LogP contribution in [0, 0.1) is 17.5 Å². The number of benzene rings is 2. The van der Waals surface area contributed by atoms with E-state index in [2.05, 4.69) is 5.32 Å². The summed E-state index contributed by atoms with van der Waals surface area (Å²) in [5.41, 5.74) is 1.08. The molecule has 0 aromatic heterocycles. The van der Waals surface area contributed by atoms with Crippen LogP contribution in [0.3, 0.4) is 0 Å². The molecule has 2 rings (SSSR count). The highest BCUT2D eigenvalue weighted by atomic mass is 35.5. The summed E-state index contributed by atoms with van der Waals surface area (Å²) in [6.45, 7) is 0. The monoisotopic (exact) mass is 285 g/mol. The van der Waals surface area contributed by atoms with E-state index in [-0.39, 0.29) is 5.02 Å². The molecular formula is C14H11ClF3N. The van der Waals surface area contributed by atoms with Crippen LogP contribution in [0.1, 0.15) is 17.2 Å². The lowest BCUT2D eigenvalue weighted by Crippen LogP contribution is -2.18. The van der Waals surface area contributed by atoms with E-state index in [0.29, 0.717) is 11.1 Å². The second-order valence-electron chi connectivity index (χ2n) is 4.07. The van der Waals surface area contributed by atoms with Gasteiger partial charge in [0.15, 0.2) is 11.6 Å². The van der Waals surface area contributed by atoms with Crippen LogP contribution in [-0.2, 0) is 0 Å². The van der Waals surface area contributed by atoms with Gasteiger partial charge in [-0.15, -0.1) is 0 Å². The number of hydrogen-bond acceptors (Lipinski definition) is 1. The molecule has 0 heterocycles. The Morgan fingerprint density at radius 2 is 1.47 bits per heavy atom. The molecule has 1 N–H and O–H groups in total. The first-order chi connectivity index (χ1) is 9.02. The molecule has 0 spiro atoms. The molecular weight excluding hydrogens is 275 g/mol. The van der Waals surface area contributed by atoms with Crippen molar-refractivity contribution in [1.29, 1.82) is 0 Å². The molecule has 0 fully saturated rings. The van der Waals surface area contributed by atoms with Crippen molar-refractivity contribution in [2.75, 3.05) is 7.05 Å². The van der Waals surface area contributed by atoms with E-state index in [1.54, 1.807) is 13.1 Å². The average Bonchev–Trinajstić information content (AvgIpc) is 2.39. The fraction of sp³-hybridized carbons (Fsp3) is 0.143. The summed E-state index contributed by atoms with van der Waals surface area (Å²) in [6.07, 6.45) is 0. The minimum Gasteiger partial charge on any atom is -0.309 e. The third-order valence-corrected chi connectivity index (χ3v) is 3.15. The first-order valence-corrected chi connectivity index (χ1v) is 5.98. The summed E-state index contributed by atoms with van der Waals surface area (Å²) in [5, 5.41) is 2.95. The Kier molecular flexibility index (Phi) is 4.12. The molecule has 0 saturated heterocycles. The fourth-order valence-corrected chi connectivity index (χ4v) is 2.03. The predicted molar refractivity (Wildman–Crippen MR) is 68.7 cm³/mol. The van der Waals surface area contributed by atoms with E-state index in [0.717, 1.165) is 12.1 Å². The highest BCUT2D eigenvalue weighted by Crippen LogP contribution is 2.26. The second kappa shape index (κ2) is 5.63. The Labute approximate surface area is 114 Å². The van der Waals surface area contributed by atoms with E-state index in [4.69, 9.17) is 11.6 Å². The topological polar surface area (TPSA) is 12.0 Å². The molecule has 2 aromatic rings. The summed E-state index contributed by atoms with van der Waals surface area (Å²) in [7, 11) is 1.65. The van der Waals surface area contributed by atoms with Crippen molar-refractivity contribution in [2.24, 2.45) is 0 Å². The van der Waals surface area contributed by atoms with Gasteiger partial charge in [-0.25, -0.2) is 13.2 Å². The van der Waals surface area contributed by atoms with Crippen LogP contribution in [0.15, 0.2) is 36.4 Å². The first-order valence-electron chi connectivity index (χ1n) is 5.60. The van der Waals surface area contributed by atoms with E-state index in [1.165, 1.54) is 18.2 Å². The van der Waals surface area contributed by atoms with Crippen molar-refractivity contribution in [3.05, 3.63) is 70.0 Å². The fourth-order valence-electron chi connectivity index (χ4n) is 1.91. The molecule has 0 saturated carbocycles. The Morgan fingerprint density at radius 1 is 0.895 bits per heavy atom. The van der Waals surface area contributed by atoms with Crippen LogP contribution in [-0.4, -0.2) is 7.05 Å². The number of halogens is 4. The molecule has 1 nitrogen and oxygen atoms in total. The van der Waals surface area contributed by atoms with E-state index < -0.39 is 23.5 Å². The van der Waals surface area contributed by atoms with Gasteiger partial charge in [0, 0.05) is 0 Å². The summed E-state index contributed by atoms with van der Waals surface area (Å²) >= 11 is 5.62. The molecule has 0 amide bonds. The van der Waals surface area contributed by atoms with Crippen LogP contribution in [0.2, 0.25) is 5.02 Å². The van der Waals surface area contributed by atoms with Gasteiger partial charge < -0.3 is 5.32 Å². The Morgan fingerprint density at radius 3 is 2.00 bits per heavy atom. The molecule has 0 bridgehead atoms. The normalized spacial score (nSPS) is 12.5. The van der Waals surface area contributed by atoms with Crippen molar-refractivity contribution in [3.8, 4) is 0 Å². The first kappa shape index (κ1) is 13.9. The molecule has 0 aliphatic carbocycles. The van der Waals surface area contributed by atoms with Crippen LogP contribution in [0.25, 0.3) is 0 Å². The molecule has 1 atom stereocenters. The smallest absolute Gasteiger partial charge is 0.159 e. The van der Waals surface area contributed by atoms with Gasteiger partial charge >= 0.3 is 0 Å². The van der Waals surface area contributed by atoms with Gasteiger partial charge in [0.05, 0.1) is 11.1 Å². The second-order valence-corrected chi connectivity index (χ2v) is 4.48. The van der Waals surface area contributed by atoms with Gasteiger partial charge in [-0.2, -0.15) is 0 Å². The van der Waals surface area contributed by atoms with E-state index >= 15 is 0 Å². The van der Waals surface area contributed by atoms with Crippen molar-refractivity contribution in [1.82, 2.24) is 5.32 Å². The van der Waals surface area contributed by atoms with Gasteiger partial charge in [-0.3, -0.25) is 0 Å². The lowest BCUT2D eigenvalue weighted by Gasteiger charge is -2.17. The van der Waals surface area contributed by atoms with Crippen LogP contribution in [0.4, 0.5) is 13.2 Å². The lowest BCUT2D eigenvalue weighted by atomic mass is 9.98. The van der Waals surface area contributed by atoms with Gasteiger partial charge in [0.25, 0.3) is 0 Å². The molecule has 100 valence electrons. The zero-order valence-corrected chi connectivity index (χ0v) is 10.8. The van der Waals surface area contributed by atoms with E-state index in [9.17, 15) is 13.2 Å². The van der Waals surface area contributed by atoms with Gasteiger partial charge in [0.1, 0.15) is 5.82 Å². The average molecular weight is 286 g/mol. The van der Waals surface area contributed by atoms with Crippen molar-refractivity contribution in [3.63, 3.8) is 0 Å². The molecule has 2 aromatic carbocycles. The minimum absolute atomic E-state index is 0.0175. The number of nitrogens with one attached hydrogen (secondary N) is 1. The quantitative estimate of drug-likeness (QED) is 0.896. The number of rotatable bonds is 3. The highest BCUT2D eigenvalue weighted by Gasteiger charge is 2.15. The lowest BCUT2D eigenvalue weighted by molar-refractivity contribution is 0.505. The van der Waals surface area contributed by atoms with Crippen LogP contribution < -0.4 is 5.32 Å². The van der Waals surface area contributed by atoms with Gasteiger partial charge in [0.2, 0.25) is 0 Å². The molecule has 0 aliphatic rings. The standard InChI is InChI=1S/C14H11ClF3N/c1-19-14(8-2-4-10(15)12(17)6-8)9-3-5-11(16)13(18)7-9/h2-7,14,19H,1H3. The maximum Gasteiger partial charge on any atom is 0.159 e. The molecule has 1 unspecified atom stereocenters. The van der Waals surface area contributed by atoms with Gasteiger partial charge in [-0.1, -0.05) is 23.7 Å². The third kappa shape index (κ3) is 2.91. The minimum atomic E-state index is -0.938. The summed E-state index contributed by atoms with van der Waals surface area (Å²) in [6, 6.07) is 7.47. The Bertz CT molecular complexity index is 550. The van der Waals surface area contributed by atoms with Crippen molar-refractivity contribution in [2.45, 2.75) is 6.04 Å². The zero-order valence-electron chi connectivity index (χ0n) is 10.1. The molecule has 0 aliphatic heterocycles. The summed E-state index contributed by atoms with van der Waals surface area (Å²) < 4.78 is 39.6. The third-order valence-electron chi connectivity index (χ3n) is 2.84. The largest absolute Gasteiger partial charge is 0.309 e. The summed E-state index contributed by atoms with van der Waals surface area (Å²) in [4.78, 5) is 0. The summed E-state index contributed by atoms with van der Waals surface area (Å²) in [5.74, 6) is -2.41. The van der Waals surface area contributed by atoms with Crippen LogP contribution in [0.5, 0.6) is 0 Å². The molecule has 0 radical (unpaired) electrons. The van der Waals surface area contributed by atoms with Crippen molar-refractivity contribution >= 4 is 11.6 Å². The predicted octanol–water partition coefficient (Wildman–Crippen LogP) is 4.07. The van der Waals surface area contributed by atoms with Crippen LogP contribution >= 0.6 is 11.6 Å².